The molecule has 7 heteroatoms. The van der Waals surface area contributed by atoms with Crippen molar-refractivity contribution >= 4 is 27.4 Å². The highest BCUT2D eigenvalue weighted by atomic mass is 32.2. The van der Waals surface area contributed by atoms with Gasteiger partial charge < -0.3 is 9.64 Å². The van der Waals surface area contributed by atoms with E-state index in [2.05, 4.69) is 0 Å². The van der Waals surface area contributed by atoms with Crippen LogP contribution in [0.2, 0.25) is 0 Å². The van der Waals surface area contributed by atoms with E-state index in [1.165, 1.54) is 36.1 Å². The summed E-state index contributed by atoms with van der Waals surface area (Å²) in [5.74, 6) is -1.15. The molecule has 0 spiro atoms. The van der Waals surface area contributed by atoms with Gasteiger partial charge in [0, 0.05) is 19.0 Å². The second-order valence-electron chi connectivity index (χ2n) is 5.58. The molecule has 0 bridgehead atoms. The minimum absolute atomic E-state index is 0.0160. The van der Waals surface area contributed by atoms with Gasteiger partial charge in [0.15, 0.2) is 15.9 Å². The van der Waals surface area contributed by atoms with Crippen molar-refractivity contribution in [1.29, 1.82) is 0 Å². The average Bonchev–Trinajstić information content (AvgIpc) is 2.60. The van der Waals surface area contributed by atoms with Crippen LogP contribution in [0.5, 0.6) is 0 Å². The maximum Gasteiger partial charge on any atom is 0.338 e. The number of amides is 1. The molecule has 2 aromatic carbocycles. The molecular formula is C18H19NO5S. The van der Waals surface area contributed by atoms with Crippen molar-refractivity contribution in [2.45, 2.75) is 17.9 Å². The first-order chi connectivity index (χ1) is 11.7. The zero-order valence-corrected chi connectivity index (χ0v) is 15.0. The minimum Gasteiger partial charge on any atom is -0.449 e. The van der Waals surface area contributed by atoms with E-state index in [1.807, 2.05) is 6.07 Å². The Morgan fingerprint density at radius 1 is 1.04 bits per heavy atom. The Morgan fingerprint density at radius 3 is 2.28 bits per heavy atom. The van der Waals surface area contributed by atoms with Gasteiger partial charge in [0.05, 0.1) is 10.5 Å². The third kappa shape index (κ3) is 4.67. The third-order valence-electron chi connectivity index (χ3n) is 3.60. The van der Waals surface area contributed by atoms with E-state index in [1.54, 1.807) is 31.3 Å². The lowest BCUT2D eigenvalue weighted by molar-refractivity contribution is -0.126. The highest BCUT2D eigenvalue weighted by molar-refractivity contribution is 7.90. The maximum atomic E-state index is 12.4. The summed E-state index contributed by atoms with van der Waals surface area (Å²) >= 11 is 0. The predicted octanol–water partition coefficient (Wildman–Crippen LogP) is 2.30. The van der Waals surface area contributed by atoms with Gasteiger partial charge >= 0.3 is 5.97 Å². The lowest BCUT2D eigenvalue weighted by Gasteiger charge is -2.21. The van der Waals surface area contributed by atoms with Gasteiger partial charge in [-0.25, -0.2) is 13.2 Å². The fourth-order valence-corrected chi connectivity index (χ4v) is 2.85. The van der Waals surface area contributed by atoms with Crippen LogP contribution in [0.1, 0.15) is 17.3 Å². The summed E-state index contributed by atoms with van der Waals surface area (Å²) in [4.78, 5) is 26.0. The molecule has 2 rings (SSSR count). The molecule has 0 saturated carbocycles. The van der Waals surface area contributed by atoms with Gasteiger partial charge in [-0.15, -0.1) is 0 Å². The second kappa shape index (κ2) is 7.48. The average molecular weight is 361 g/mol. The van der Waals surface area contributed by atoms with Crippen molar-refractivity contribution in [2.24, 2.45) is 0 Å². The monoisotopic (exact) mass is 361 g/mol. The number of likely N-dealkylation sites (N-methyl/N-ethyl adjacent to an activating group) is 1. The molecule has 0 radical (unpaired) electrons. The van der Waals surface area contributed by atoms with Crippen LogP contribution in [-0.4, -0.2) is 39.7 Å². The third-order valence-corrected chi connectivity index (χ3v) is 4.71. The number of para-hydroxylation sites is 1. The van der Waals surface area contributed by atoms with Crippen LogP contribution < -0.4 is 4.90 Å². The smallest absolute Gasteiger partial charge is 0.338 e. The number of hydrogen-bond acceptors (Lipinski definition) is 5. The first-order valence-electron chi connectivity index (χ1n) is 7.54. The Balaban J connectivity index is 2.11. The van der Waals surface area contributed by atoms with Gasteiger partial charge in [-0.1, -0.05) is 24.3 Å². The van der Waals surface area contributed by atoms with Crippen molar-refractivity contribution in [2.75, 3.05) is 18.2 Å². The van der Waals surface area contributed by atoms with Gasteiger partial charge in [-0.05, 0) is 37.3 Å². The van der Waals surface area contributed by atoms with Crippen LogP contribution >= 0.6 is 0 Å². The number of carbonyl (C=O) groups excluding carboxylic acids is 2. The fourth-order valence-electron chi connectivity index (χ4n) is 2.18. The second-order valence-corrected chi connectivity index (χ2v) is 7.60. The van der Waals surface area contributed by atoms with E-state index >= 15 is 0 Å². The molecule has 0 aliphatic heterocycles. The topological polar surface area (TPSA) is 80.8 Å². The standard InChI is InChI=1S/C18H19NO5S/c1-13(17(20)19(2)15-9-5-4-6-10-15)24-18(21)14-8-7-11-16(12-14)25(3,22)23/h4-13H,1-3H3/t13-/m1/s1. The largest absolute Gasteiger partial charge is 0.449 e. The normalized spacial score (nSPS) is 12.3. The number of rotatable bonds is 5. The Hall–Kier alpha value is -2.67. The zero-order chi connectivity index (χ0) is 18.6. The van der Waals surface area contributed by atoms with E-state index in [0.29, 0.717) is 5.69 Å². The molecule has 0 aliphatic carbocycles. The predicted molar refractivity (Wildman–Crippen MR) is 94.3 cm³/mol. The Morgan fingerprint density at radius 2 is 1.68 bits per heavy atom. The lowest BCUT2D eigenvalue weighted by Crippen LogP contribution is -2.37. The van der Waals surface area contributed by atoms with Gasteiger partial charge in [0.2, 0.25) is 0 Å². The summed E-state index contributed by atoms with van der Waals surface area (Å²) in [7, 11) is -1.85. The summed E-state index contributed by atoms with van der Waals surface area (Å²) in [5.41, 5.74) is 0.749. The zero-order valence-electron chi connectivity index (χ0n) is 14.2. The van der Waals surface area contributed by atoms with Crippen molar-refractivity contribution in [1.82, 2.24) is 0 Å². The minimum atomic E-state index is -3.44. The Bertz CT molecular complexity index is 877. The fraction of sp³-hybridized carbons (Fsp3) is 0.222. The number of nitrogens with zero attached hydrogens (tertiary/aromatic N) is 1. The van der Waals surface area contributed by atoms with Gasteiger partial charge in [0.25, 0.3) is 5.91 Å². The highest BCUT2D eigenvalue weighted by Gasteiger charge is 2.23. The van der Waals surface area contributed by atoms with Crippen LogP contribution in [0, 0.1) is 0 Å². The number of ether oxygens (including phenoxy) is 1. The molecule has 1 amide bonds. The molecule has 2 aromatic rings. The summed E-state index contributed by atoms with van der Waals surface area (Å²) in [6, 6.07) is 14.5. The van der Waals surface area contributed by atoms with E-state index in [9.17, 15) is 18.0 Å². The van der Waals surface area contributed by atoms with E-state index in [0.717, 1.165) is 6.26 Å². The lowest BCUT2D eigenvalue weighted by atomic mass is 10.2. The number of benzene rings is 2. The number of esters is 1. The summed E-state index contributed by atoms with van der Waals surface area (Å²) in [6.45, 7) is 1.47. The van der Waals surface area contributed by atoms with E-state index < -0.39 is 21.9 Å². The summed E-state index contributed by atoms with van der Waals surface area (Å²) in [6.07, 6.45) is 0.0397. The molecule has 0 fully saturated rings. The van der Waals surface area contributed by atoms with Crippen molar-refractivity contribution in [3.8, 4) is 0 Å². The SMILES string of the molecule is C[C@@H](OC(=O)c1cccc(S(C)(=O)=O)c1)C(=O)N(C)c1ccccc1. The molecule has 0 unspecified atom stereocenters. The van der Waals surface area contributed by atoms with Crippen LogP contribution in [-0.2, 0) is 19.4 Å². The first kappa shape index (κ1) is 18.7. The highest BCUT2D eigenvalue weighted by Crippen LogP contribution is 2.16. The van der Waals surface area contributed by atoms with Gasteiger partial charge in [-0.2, -0.15) is 0 Å². The van der Waals surface area contributed by atoms with Gasteiger partial charge in [0.1, 0.15) is 0 Å². The van der Waals surface area contributed by atoms with Crippen molar-refractivity contribution < 1.29 is 22.7 Å². The maximum absolute atomic E-state index is 12.4. The molecule has 6 nitrogen and oxygen atoms in total. The van der Waals surface area contributed by atoms with Crippen LogP contribution in [0.4, 0.5) is 5.69 Å². The van der Waals surface area contributed by atoms with Gasteiger partial charge in [-0.3, -0.25) is 4.79 Å². The van der Waals surface area contributed by atoms with Crippen LogP contribution in [0.15, 0.2) is 59.5 Å². The molecule has 0 aliphatic rings. The molecule has 1 atom stereocenters. The molecule has 0 saturated heterocycles. The van der Waals surface area contributed by atoms with Crippen LogP contribution in [0.25, 0.3) is 0 Å². The number of carbonyl (C=O) groups is 2. The van der Waals surface area contributed by atoms with E-state index in [4.69, 9.17) is 4.74 Å². The first-order valence-corrected chi connectivity index (χ1v) is 9.43. The molecular weight excluding hydrogens is 342 g/mol. The van der Waals surface area contributed by atoms with Crippen molar-refractivity contribution in [3.63, 3.8) is 0 Å². The molecule has 0 N–H and O–H groups in total. The molecule has 132 valence electrons. The van der Waals surface area contributed by atoms with Crippen LogP contribution in [0.3, 0.4) is 0 Å². The Kier molecular flexibility index (Phi) is 5.58. The van der Waals surface area contributed by atoms with Crippen molar-refractivity contribution in [3.05, 3.63) is 60.2 Å². The van der Waals surface area contributed by atoms with E-state index in [-0.39, 0.29) is 16.4 Å². The number of sulfone groups is 1. The Labute approximate surface area is 146 Å². The summed E-state index contributed by atoms with van der Waals surface area (Å²) in [5, 5.41) is 0. The number of hydrogen-bond donors (Lipinski definition) is 0. The number of anilines is 1. The molecule has 25 heavy (non-hydrogen) atoms. The molecule has 0 aromatic heterocycles. The quantitative estimate of drug-likeness (QED) is 0.764. The molecule has 0 heterocycles. The summed E-state index contributed by atoms with van der Waals surface area (Å²) < 4.78 is 28.3.